The molecule has 0 saturated carbocycles. The van der Waals surface area contributed by atoms with E-state index >= 15 is 0 Å². The number of likely N-dealkylation sites (tertiary alicyclic amines) is 1. The molecule has 6 nitrogen and oxygen atoms in total. The summed E-state index contributed by atoms with van der Waals surface area (Å²) in [5.74, 6) is -3.41. The van der Waals surface area contributed by atoms with Crippen LogP contribution in [0.4, 0.5) is 13.2 Å². The fraction of sp³-hybridized carbons (Fsp3) is 0.462. The van der Waals surface area contributed by atoms with Gasteiger partial charge in [-0.15, -0.1) is 11.3 Å². The molecule has 0 unspecified atom stereocenters. The second-order valence-corrected chi connectivity index (χ2v) is 11.1. The van der Waals surface area contributed by atoms with Gasteiger partial charge in [0, 0.05) is 60.7 Å². The molecule has 2 aliphatic rings. The van der Waals surface area contributed by atoms with Crippen LogP contribution in [0.15, 0.2) is 35.5 Å². The number of aliphatic imine (C=N–C) groups is 1. The van der Waals surface area contributed by atoms with E-state index in [1.54, 1.807) is 30.1 Å². The average molecular weight is 553 g/mol. The van der Waals surface area contributed by atoms with Crippen molar-refractivity contribution >= 4 is 29.2 Å². The van der Waals surface area contributed by atoms with Crippen LogP contribution in [-0.4, -0.2) is 60.9 Å². The van der Waals surface area contributed by atoms with Gasteiger partial charge in [0.15, 0.2) is 0 Å². The molecule has 0 bridgehead atoms. The van der Waals surface area contributed by atoms with Crippen molar-refractivity contribution in [2.45, 2.75) is 37.8 Å². The number of alkyl halides is 2. The largest absolute Gasteiger partial charge is 0.383 e. The number of halogens is 4. The SMILES string of the molecule is COCC/N=C\c1cccc(F)c1-n1cc(CN2CCC3(CC2)OCC(F)(F)c2cc(Cl)sc23)c(C)n1. The summed E-state index contributed by atoms with van der Waals surface area (Å²) in [4.78, 5) is 7.12. The fourth-order valence-corrected chi connectivity index (χ4v) is 6.46. The molecule has 2 aliphatic heterocycles. The number of nitrogens with zero attached hydrogens (tertiary/aromatic N) is 4. The van der Waals surface area contributed by atoms with E-state index in [1.807, 2.05) is 13.1 Å². The van der Waals surface area contributed by atoms with Crippen LogP contribution in [-0.2, 0) is 27.5 Å². The number of rotatable bonds is 7. The van der Waals surface area contributed by atoms with Crippen LogP contribution in [0.1, 0.15) is 40.1 Å². The maximum absolute atomic E-state index is 14.9. The van der Waals surface area contributed by atoms with Crippen LogP contribution >= 0.6 is 22.9 Å². The number of ether oxygens (including phenoxy) is 2. The molecule has 0 radical (unpaired) electrons. The third-order valence-electron chi connectivity index (χ3n) is 7.00. The van der Waals surface area contributed by atoms with Crippen molar-refractivity contribution in [2.75, 3.05) is 40.0 Å². The third kappa shape index (κ3) is 5.22. The van der Waals surface area contributed by atoms with E-state index in [4.69, 9.17) is 21.1 Å². The first-order valence-corrected chi connectivity index (χ1v) is 13.3. The first-order chi connectivity index (χ1) is 17.7. The van der Waals surface area contributed by atoms with Crippen molar-refractivity contribution in [3.63, 3.8) is 0 Å². The molecule has 5 rings (SSSR count). The summed E-state index contributed by atoms with van der Waals surface area (Å²) in [5.41, 5.74) is 2.01. The first kappa shape index (κ1) is 26.4. The van der Waals surface area contributed by atoms with Gasteiger partial charge < -0.3 is 9.47 Å². The van der Waals surface area contributed by atoms with E-state index in [-0.39, 0.29) is 11.4 Å². The molecule has 3 aromatic rings. The van der Waals surface area contributed by atoms with Crippen molar-refractivity contribution < 1.29 is 22.6 Å². The topological polar surface area (TPSA) is 51.9 Å². The highest BCUT2D eigenvalue weighted by atomic mass is 35.5. The van der Waals surface area contributed by atoms with Gasteiger partial charge in [0.25, 0.3) is 5.92 Å². The van der Waals surface area contributed by atoms with Crippen molar-refractivity contribution in [1.29, 1.82) is 0 Å². The summed E-state index contributed by atoms with van der Waals surface area (Å²) in [6.45, 7) is 4.19. The lowest BCUT2D eigenvalue weighted by Gasteiger charge is -2.45. The summed E-state index contributed by atoms with van der Waals surface area (Å²) in [5, 5.41) is 4.59. The van der Waals surface area contributed by atoms with E-state index in [9.17, 15) is 13.2 Å². The third-order valence-corrected chi connectivity index (χ3v) is 8.45. The minimum absolute atomic E-state index is 0.00534. The highest BCUT2D eigenvalue weighted by Gasteiger charge is 2.51. The first-order valence-electron chi connectivity index (χ1n) is 12.1. The molecule has 4 heterocycles. The van der Waals surface area contributed by atoms with Crippen LogP contribution in [0.3, 0.4) is 0 Å². The number of thiophene rings is 1. The highest BCUT2D eigenvalue weighted by molar-refractivity contribution is 7.16. The standard InChI is InChI=1S/C26H28ClF3N4O2S/c1-17-19(15-34(32-17)23-18(4-3-5-21(23)28)13-31-8-11-35-2)14-33-9-6-25(7-10-33)24-20(12-22(27)37-24)26(29,30)16-36-25/h3-5,12-13,15H,6-11,14,16H2,1-2H3/b31-13-. The Morgan fingerprint density at radius 2 is 2.08 bits per heavy atom. The average Bonchev–Trinajstić information content (AvgIpc) is 3.44. The van der Waals surface area contributed by atoms with E-state index in [0.29, 0.717) is 66.1 Å². The fourth-order valence-electron chi connectivity index (χ4n) is 4.98. The summed E-state index contributed by atoms with van der Waals surface area (Å²) in [6, 6.07) is 6.23. The number of aromatic nitrogens is 2. The quantitative estimate of drug-likeness (QED) is 0.278. The molecule has 198 valence electrons. The Hall–Kier alpha value is -2.24. The number of hydrogen-bond donors (Lipinski definition) is 0. The molecule has 0 amide bonds. The summed E-state index contributed by atoms with van der Waals surface area (Å²) in [7, 11) is 1.61. The Morgan fingerprint density at radius 1 is 1.30 bits per heavy atom. The predicted molar refractivity (Wildman–Crippen MR) is 138 cm³/mol. The minimum Gasteiger partial charge on any atom is -0.383 e. The van der Waals surface area contributed by atoms with E-state index in [2.05, 4.69) is 15.0 Å². The van der Waals surface area contributed by atoms with Crippen LogP contribution in [0, 0.1) is 12.7 Å². The molecule has 0 N–H and O–H groups in total. The van der Waals surface area contributed by atoms with Crippen LogP contribution in [0.2, 0.25) is 4.34 Å². The Labute approximate surface area is 222 Å². The monoisotopic (exact) mass is 552 g/mol. The lowest BCUT2D eigenvalue weighted by Crippen LogP contribution is -2.48. The number of aryl methyl sites for hydroxylation is 1. The Kier molecular flexibility index (Phi) is 7.48. The number of hydrogen-bond acceptors (Lipinski definition) is 6. The maximum atomic E-state index is 14.9. The van der Waals surface area contributed by atoms with Crippen LogP contribution < -0.4 is 0 Å². The summed E-state index contributed by atoms with van der Waals surface area (Å²) >= 11 is 7.31. The minimum atomic E-state index is -3.02. The number of methoxy groups -OCH3 is 1. The molecule has 11 heteroatoms. The molecule has 1 saturated heterocycles. The Bertz CT molecular complexity index is 1300. The molecule has 1 aromatic carbocycles. The second-order valence-electron chi connectivity index (χ2n) is 9.45. The zero-order chi connectivity index (χ0) is 26.2. The summed E-state index contributed by atoms with van der Waals surface area (Å²) < 4.78 is 56.5. The number of fused-ring (bicyclic) bond motifs is 2. The van der Waals surface area contributed by atoms with Crippen molar-refractivity contribution in [3.05, 3.63) is 67.9 Å². The lowest BCUT2D eigenvalue weighted by atomic mass is 9.84. The van der Waals surface area contributed by atoms with Gasteiger partial charge in [-0.05, 0) is 31.9 Å². The highest BCUT2D eigenvalue weighted by Crippen LogP contribution is 2.52. The number of benzene rings is 1. The van der Waals surface area contributed by atoms with Gasteiger partial charge in [-0.2, -0.15) is 13.9 Å². The van der Waals surface area contributed by atoms with Crippen molar-refractivity contribution in [3.8, 4) is 5.69 Å². The molecular weight excluding hydrogens is 525 g/mol. The predicted octanol–water partition coefficient (Wildman–Crippen LogP) is 5.71. The van der Waals surface area contributed by atoms with E-state index in [1.165, 1.54) is 23.5 Å². The van der Waals surface area contributed by atoms with Gasteiger partial charge in [-0.3, -0.25) is 9.89 Å². The molecule has 0 aliphatic carbocycles. The van der Waals surface area contributed by atoms with E-state index in [0.717, 1.165) is 11.3 Å². The number of piperidine rings is 1. The number of para-hydroxylation sites is 1. The lowest BCUT2D eigenvalue weighted by molar-refractivity contribution is -0.182. The van der Waals surface area contributed by atoms with Gasteiger partial charge in [0.1, 0.15) is 23.7 Å². The van der Waals surface area contributed by atoms with Gasteiger partial charge in [-0.25, -0.2) is 9.07 Å². The normalized spacial score (nSPS) is 19.1. The maximum Gasteiger partial charge on any atom is 0.297 e. The molecule has 2 aromatic heterocycles. The molecule has 0 atom stereocenters. The molecule has 1 spiro atoms. The van der Waals surface area contributed by atoms with Gasteiger partial charge >= 0.3 is 0 Å². The van der Waals surface area contributed by atoms with Gasteiger partial charge in [0.2, 0.25) is 0 Å². The Balaban J connectivity index is 1.31. The second kappa shape index (κ2) is 10.5. The van der Waals surface area contributed by atoms with Crippen LogP contribution in [0.25, 0.3) is 5.69 Å². The van der Waals surface area contributed by atoms with E-state index < -0.39 is 18.1 Å². The van der Waals surface area contributed by atoms with Crippen molar-refractivity contribution in [1.82, 2.24) is 14.7 Å². The Morgan fingerprint density at radius 3 is 2.84 bits per heavy atom. The zero-order valence-electron chi connectivity index (χ0n) is 20.6. The van der Waals surface area contributed by atoms with Gasteiger partial charge in [0.05, 0.1) is 23.2 Å². The molecular formula is C26H28ClF3N4O2S. The van der Waals surface area contributed by atoms with Crippen molar-refractivity contribution in [2.24, 2.45) is 4.99 Å². The molecule has 37 heavy (non-hydrogen) atoms. The van der Waals surface area contributed by atoms with Crippen LogP contribution in [0.5, 0.6) is 0 Å². The smallest absolute Gasteiger partial charge is 0.297 e. The summed E-state index contributed by atoms with van der Waals surface area (Å²) in [6.07, 6.45) is 4.67. The molecule has 1 fully saturated rings. The van der Waals surface area contributed by atoms with Gasteiger partial charge in [-0.1, -0.05) is 23.7 Å². The zero-order valence-corrected chi connectivity index (χ0v) is 22.2.